The number of nitrogens with two attached hydrogens (primary N) is 1. The molecule has 0 aliphatic heterocycles. The van der Waals surface area contributed by atoms with Crippen molar-refractivity contribution >= 4 is 0 Å². The van der Waals surface area contributed by atoms with Crippen LogP contribution in [0.5, 0.6) is 5.75 Å². The fourth-order valence-electron chi connectivity index (χ4n) is 1.37. The Morgan fingerprint density at radius 1 is 1.37 bits per heavy atom. The SMILES string of the molecule is COC(C)(C)CCOc1cc(F)ccc1C#CCN. The molecule has 4 heteroatoms. The minimum atomic E-state index is -0.348. The lowest BCUT2D eigenvalue weighted by atomic mass is 10.1. The lowest BCUT2D eigenvalue weighted by Gasteiger charge is -2.22. The van der Waals surface area contributed by atoms with Gasteiger partial charge in [-0.1, -0.05) is 11.8 Å². The zero-order chi connectivity index (χ0) is 14.3. The first-order chi connectivity index (χ1) is 8.98. The van der Waals surface area contributed by atoms with Gasteiger partial charge in [0.1, 0.15) is 11.6 Å². The molecule has 0 aromatic heterocycles. The molecule has 0 atom stereocenters. The van der Waals surface area contributed by atoms with Crippen molar-refractivity contribution in [1.82, 2.24) is 0 Å². The monoisotopic (exact) mass is 265 g/mol. The molecule has 19 heavy (non-hydrogen) atoms. The maximum Gasteiger partial charge on any atom is 0.137 e. The van der Waals surface area contributed by atoms with Gasteiger partial charge in [-0.25, -0.2) is 4.39 Å². The Bertz CT molecular complexity index is 475. The summed E-state index contributed by atoms with van der Waals surface area (Å²) in [7, 11) is 1.65. The van der Waals surface area contributed by atoms with Crippen molar-refractivity contribution < 1.29 is 13.9 Å². The van der Waals surface area contributed by atoms with Gasteiger partial charge in [0.25, 0.3) is 0 Å². The maximum absolute atomic E-state index is 13.2. The van der Waals surface area contributed by atoms with Gasteiger partial charge in [0, 0.05) is 19.6 Å². The van der Waals surface area contributed by atoms with Crippen LogP contribution in [-0.2, 0) is 4.74 Å². The molecule has 0 saturated carbocycles. The van der Waals surface area contributed by atoms with E-state index in [2.05, 4.69) is 11.8 Å². The van der Waals surface area contributed by atoms with E-state index >= 15 is 0 Å². The Balaban J connectivity index is 2.73. The molecular formula is C15H20FNO2. The summed E-state index contributed by atoms with van der Waals surface area (Å²) in [6, 6.07) is 4.28. The molecule has 0 amide bonds. The second-order valence-electron chi connectivity index (χ2n) is 4.71. The number of benzene rings is 1. The van der Waals surface area contributed by atoms with E-state index < -0.39 is 0 Å². The van der Waals surface area contributed by atoms with Crippen LogP contribution >= 0.6 is 0 Å². The summed E-state index contributed by atoms with van der Waals surface area (Å²) in [5, 5.41) is 0. The third-order valence-corrected chi connectivity index (χ3v) is 2.78. The number of halogens is 1. The fourth-order valence-corrected chi connectivity index (χ4v) is 1.37. The molecule has 0 aliphatic carbocycles. The molecule has 0 saturated heterocycles. The number of hydrogen-bond donors (Lipinski definition) is 1. The third-order valence-electron chi connectivity index (χ3n) is 2.78. The van der Waals surface area contributed by atoms with Crippen molar-refractivity contribution in [2.45, 2.75) is 25.9 Å². The molecule has 0 heterocycles. The van der Waals surface area contributed by atoms with Gasteiger partial charge in [0.15, 0.2) is 0 Å². The van der Waals surface area contributed by atoms with Crippen LogP contribution in [0.15, 0.2) is 18.2 Å². The molecule has 3 nitrogen and oxygen atoms in total. The fraction of sp³-hybridized carbons (Fsp3) is 0.467. The summed E-state index contributed by atoms with van der Waals surface area (Å²) in [5.41, 5.74) is 5.70. The van der Waals surface area contributed by atoms with Crippen LogP contribution in [0.3, 0.4) is 0 Å². The number of hydrogen-bond acceptors (Lipinski definition) is 3. The standard InChI is InChI=1S/C15H20FNO2/c1-15(2,18-3)8-10-19-14-11-13(16)7-6-12(14)5-4-9-17/h6-7,11H,8-10,17H2,1-3H3. The Hall–Kier alpha value is -1.57. The van der Waals surface area contributed by atoms with E-state index in [0.29, 0.717) is 24.3 Å². The molecule has 104 valence electrons. The molecular weight excluding hydrogens is 245 g/mol. The minimum Gasteiger partial charge on any atom is -0.492 e. The van der Waals surface area contributed by atoms with Gasteiger partial charge in [-0.05, 0) is 26.0 Å². The van der Waals surface area contributed by atoms with E-state index in [0.717, 1.165) is 0 Å². The van der Waals surface area contributed by atoms with Crippen LogP contribution in [-0.4, -0.2) is 25.9 Å². The number of methoxy groups -OCH3 is 1. The number of ether oxygens (including phenoxy) is 2. The average Bonchev–Trinajstić information content (AvgIpc) is 2.38. The van der Waals surface area contributed by atoms with Crippen LogP contribution in [0.25, 0.3) is 0 Å². The van der Waals surface area contributed by atoms with E-state index in [1.807, 2.05) is 13.8 Å². The van der Waals surface area contributed by atoms with Crippen molar-refractivity contribution in [2.24, 2.45) is 5.73 Å². The first-order valence-corrected chi connectivity index (χ1v) is 6.15. The summed E-state index contributed by atoms with van der Waals surface area (Å²) in [6.45, 7) is 4.63. The van der Waals surface area contributed by atoms with Crippen LogP contribution in [0.4, 0.5) is 4.39 Å². The van der Waals surface area contributed by atoms with E-state index in [-0.39, 0.29) is 18.0 Å². The second kappa shape index (κ2) is 7.13. The molecule has 1 aromatic carbocycles. The molecule has 1 rings (SSSR count). The lowest BCUT2D eigenvalue weighted by Crippen LogP contribution is -2.25. The summed E-state index contributed by atoms with van der Waals surface area (Å²) in [5.74, 6) is 5.69. The van der Waals surface area contributed by atoms with Crippen LogP contribution < -0.4 is 10.5 Å². The Morgan fingerprint density at radius 3 is 2.74 bits per heavy atom. The Labute approximate surface area is 113 Å². The molecule has 0 spiro atoms. The first-order valence-electron chi connectivity index (χ1n) is 6.15. The zero-order valence-corrected chi connectivity index (χ0v) is 11.6. The zero-order valence-electron chi connectivity index (χ0n) is 11.6. The number of rotatable bonds is 5. The third kappa shape index (κ3) is 5.29. The highest BCUT2D eigenvalue weighted by Crippen LogP contribution is 2.21. The van der Waals surface area contributed by atoms with E-state index in [1.165, 1.54) is 12.1 Å². The molecule has 1 aromatic rings. The Morgan fingerprint density at radius 2 is 2.11 bits per heavy atom. The van der Waals surface area contributed by atoms with E-state index in [1.54, 1.807) is 13.2 Å². The van der Waals surface area contributed by atoms with Crippen molar-refractivity contribution in [1.29, 1.82) is 0 Å². The molecule has 0 unspecified atom stereocenters. The van der Waals surface area contributed by atoms with Gasteiger partial charge >= 0.3 is 0 Å². The molecule has 0 fully saturated rings. The van der Waals surface area contributed by atoms with Crippen molar-refractivity contribution in [3.8, 4) is 17.6 Å². The average molecular weight is 265 g/mol. The highest BCUT2D eigenvalue weighted by molar-refractivity contribution is 5.46. The van der Waals surface area contributed by atoms with Crippen molar-refractivity contribution in [2.75, 3.05) is 20.3 Å². The lowest BCUT2D eigenvalue weighted by molar-refractivity contribution is 0.00541. The van der Waals surface area contributed by atoms with Gasteiger partial charge in [-0.3, -0.25) is 0 Å². The predicted molar refractivity (Wildman–Crippen MR) is 73.5 cm³/mol. The summed E-state index contributed by atoms with van der Waals surface area (Å²) >= 11 is 0. The second-order valence-corrected chi connectivity index (χ2v) is 4.71. The highest BCUT2D eigenvalue weighted by Gasteiger charge is 2.16. The quantitative estimate of drug-likeness (QED) is 0.831. The minimum absolute atomic E-state index is 0.257. The summed E-state index contributed by atoms with van der Waals surface area (Å²) in [6.07, 6.45) is 0.698. The van der Waals surface area contributed by atoms with Crippen LogP contribution in [0, 0.1) is 17.7 Å². The molecule has 2 N–H and O–H groups in total. The van der Waals surface area contributed by atoms with Gasteiger partial charge < -0.3 is 15.2 Å². The highest BCUT2D eigenvalue weighted by atomic mass is 19.1. The van der Waals surface area contributed by atoms with Crippen LogP contribution in [0.2, 0.25) is 0 Å². The molecule has 0 radical (unpaired) electrons. The Kier molecular flexibility index (Phi) is 5.81. The summed E-state index contributed by atoms with van der Waals surface area (Å²) in [4.78, 5) is 0. The van der Waals surface area contributed by atoms with Crippen molar-refractivity contribution in [3.05, 3.63) is 29.6 Å². The first kappa shape index (κ1) is 15.5. The predicted octanol–water partition coefficient (Wildman–Crippen LogP) is 2.33. The molecule has 0 aliphatic rings. The van der Waals surface area contributed by atoms with Gasteiger partial charge in [-0.15, -0.1) is 0 Å². The largest absolute Gasteiger partial charge is 0.492 e. The van der Waals surface area contributed by atoms with Gasteiger partial charge in [0.05, 0.1) is 24.3 Å². The smallest absolute Gasteiger partial charge is 0.137 e. The van der Waals surface area contributed by atoms with Gasteiger partial charge in [-0.2, -0.15) is 0 Å². The van der Waals surface area contributed by atoms with Crippen molar-refractivity contribution in [3.63, 3.8) is 0 Å². The topological polar surface area (TPSA) is 44.5 Å². The van der Waals surface area contributed by atoms with E-state index in [9.17, 15) is 4.39 Å². The maximum atomic E-state index is 13.2. The van der Waals surface area contributed by atoms with Crippen LogP contribution in [0.1, 0.15) is 25.8 Å². The van der Waals surface area contributed by atoms with Gasteiger partial charge in [0.2, 0.25) is 0 Å². The summed E-state index contributed by atoms with van der Waals surface area (Å²) < 4.78 is 24.1. The van der Waals surface area contributed by atoms with E-state index in [4.69, 9.17) is 15.2 Å². The normalized spacial score (nSPS) is 10.8. The molecule has 0 bridgehead atoms.